The monoisotopic (exact) mass is 342 g/mol. The summed E-state index contributed by atoms with van der Waals surface area (Å²) in [7, 11) is 0. The van der Waals surface area contributed by atoms with E-state index in [0.717, 1.165) is 17.6 Å². The third-order valence-corrected chi connectivity index (χ3v) is 4.89. The van der Waals surface area contributed by atoms with Gasteiger partial charge in [0.2, 0.25) is 0 Å². The van der Waals surface area contributed by atoms with Crippen LogP contribution in [-0.2, 0) is 12.8 Å². The highest BCUT2D eigenvalue weighted by Gasteiger charge is 2.28. The zero-order chi connectivity index (χ0) is 16.8. The molecule has 0 aliphatic heterocycles. The van der Waals surface area contributed by atoms with Crippen molar-refractivity contribution in [3.8, 4) is 0 Å². The number of H-pyrrole nitrogens is 1. The van der Waals surface area contributed by atoms with Crippen molar-refractivity contribution in [1.82, 2.24) is 10.3 Å². The fourth-order valence-electron chi connectivity index (χ4n) is 3.46. The van der Waals surface area contributed by atoms with Gasteiger partial charge in [-0.05, 0) is 43.2 Å². The Balaban J connectivity index is 1.57. The summed E-state index contributed by atoms with van der Waals surface area (Å²) in [6, 6.07) is 10.5. The number of hydrogen-bond acceptors (Lipinski definition) is 1. The van der Waals surface area contributed by atoms with Gasteiger partial charge in [-0.25, -0.2) is 4.39 Å². The average molecular weight is 343 g/mol. The molecule has 0 bridgehead atoms. The normalized spacial score (nSPS) is 16.4. The Morgan fingerprint density at radius 1 is 1.29 bits per heavy atom. The van der Waals surface area contributed by atoms with E-state index in [9.17, 15) is 9.18 Å². The van der Waals surface area contributed by atoms with Crippen molar-refractivity contribution < 1.29 is 9.18 Å². The Labute approximate surface area is 143 Å². The maximum atomic E-state index is 13.9. The lowest BCUT2D eigenvalue weighted by molar-refractivity contribution is 0.0934. The first-order valence-corrected chi connectivity index (χ1v) is 8.25. The van der Waals surface area contributed by atoms with Crippen LogP contribution in [-0.4, -0.2) is 16.9 Å². The predicted molar refractivity (Wildman–Crippen MR) is 93.1 cm³/mol. The number of rotatable bonds is 2. The van der Waals surface area contributed by atoms with Crippen LogP contribution in [0.5, 0.6) is 0 Å². The van der Waals surface area contributed by atoms with Gasteiger partial charge in [0.1, 0.15) is 5.82 Å². The number of halogens is 2. The number of amides is 1. The van der Waals surface area contributed by atoms with Gasteiger partial charge in [0, 0.05) is 29.1 Å². The third kappa shape index (κ3) is 2.47. The highest BCUT2D eigenvalue weighted by atomic mass is 35.5. The molecule has 1 aliphatic carbocycles. The summed E-state index contributed by atoms with van der Waals surface area (Å²) in [5, 5.41) is 4.24. The van der Waals surface area contributed by atoms with Crippen molar-refractivity contribution in [1.29, 1.82) is 0 Å². The number of carbonyl (C=O) groups excluding carboxylic acids is 1. The van der Waals surface area contributed by atoms with Crippen LogP contribution < -0.4 is 5.32 Å². The highest BCUT2D eigenvalue weighted by molar-refractivity contribution is 6.33. The number of aromatic amines is 1. The number of carbonyl (C=O) groups is 1. The van der Waals surface area contributed by atoms with Crippen LogP contribution in [0.2, 0.25) is 5.02 Å². The van der Waals surface area contributed by atoms with Crippen molar-refractivity contribution in [3.63, 3.8) is 0 Å². The highest BCUT2D eigenvalue weighted by Crippen LogP contribution is 2.31. The molecule has 0 saturated heterocycles. The van der Waals surface area contributed by atoms with Crippen LogP contribution in [0.25, 0.3) is 10.9 Å². The maximum Gasteiger partial charge on any atom is 0.256 e. The van der Waals surface area contributed by atoms with Crippen molar-refractivity contribution >= 4 is 28.4 Å². The molecule has 5 heteroatoms. The first-order chi connectivity index (χ1) is 11.5. The summed E-state index contributed by atoms with van der Waals surface area (Å²) in [6.07, 6.45) is 1.44. The van der Waals surface area contributed by atoms with E-state index in [0.29, 0.717) is 6.42 Å². The van der Waals surface area contributed by atoms with Crippen molar-refractivity contribution in [3.05, 3.63) is 69.6 Å². The van der Waals surface area contributed by atoms with Gasteiger partial charge in [0.15, 0.2) is 0 Å². The first kappa shape index (κ1) is 15.2. The third-order valence-electron chi connectivity index (χ3n) is 4.58. The van der Waals surface area contributed by atoms with Crippen LogP contribution >= 0.6 is 11.6 Å². The van der Waals surface area contributed by atoms with E-state index < -0.39 is 11.7 Å². The molecule has 3 aromatic rings. The molecule has 0 spiro atoms. The minimum absolute atomic E-state index is 0.0562. The summed E-state index contributed by atoms with van der Waals surface area (Å²) < 4.78 is 13.9. The van der Waals surface area contributed by atoms with Crippen LogP contribution in [0.1, 0.15) is 27.2 Å². The lowest BCUT2D eigenvalue weighted by atomic mass is 10.1. The SMILES string of the molecule is Cc1ccc2[nH]c3c(c2c1)CC(NC(=O)c1c(F)cccc1Cl)C3. The summed E-state index contributed by atoms with van der Waals surface area (Å²) in [5.41, 5.74) is 4.61. The first-order valence-electron chi connectivity index (χ1n) is 7.88. The molecular formula is C19H16ClFN2O. The lowest BCUT2D eigenvalue weighted by Crippen LogP contribution is -2.36. The fourth-order valence-corrected chi connectivity index (χ4v) is 3.71. The van der Waals surface area contributed by atoms with Gasteiger partial charge in [-0.3, -0.25) is 4.79 Å². The maximum absolute atomic E-state index is 13.9. The minimum atomic E-state index is -0.599. The average Bonchev–Trinajstić information content (AvgIpc) is 3.04. The Kier molecular flexibility index (Phi) is 3.57. The Bertz CT molecular complexity index is 943. The van der Waals surface area contributed by atoms with Crippen LogP contribution in [0, 0.1) is 12.7 Å². The van der Waals surface area contributed by atoms with Crippen LogP contribution in [0.15, 0.2) is 36.4 Å². The molecule has 24 heavy (non-hydrogen) atoms. The number of nitrogens with one attached hydrogen (secondary N) is 2. The molecule has 2 N–H and O–H groups in total. The molecule has 1 aliphatic rings. The van der Waals surface area contributed by atoms with Gasteiger partial charge in [-0.2, -0.15) is 0 Å². The van der Waals surface area contributed by atoms with Crippen LogP contribution in [0.4, 0.5) is 4.39 Å². The Morgan fingerprint density at radius 3 is 2.92 bits per heavy atom. The molecule has 122 valence electrons. The second kappa shape index (κ2) is 5.64. The van der Waals surface area contributed by atoms with E-state index in [4.69, 9.17) is 11.6 Å². The van der Waals surface area contributed by atoms with E-state index >= 15 is 0 Å². The second-order valence-corrected chi connectivity index (χ2v) is 6.71. The summed E-state index contributed by atoms with van der Waals surface area (Å²) in [5.74, 6) is -1.06. The van der Waals surface area contributed by atoms with Gasteiger partial charge in [0.05, 0.1) is 10.6 Å². The molecule has 3 nitrogen and oxygen atoms in total. The quantitative estimate of drug-likeness (QED) is 0.721. The van der Waals surface area contributed by atoms with Gasteiger partial charge >= 0.3 is 0 Å². The molecule has 1 heterocycles. The van der Waals surface area contributed by atoms with E-state index in [1.165, 1.54) is 34.7 Å². The van der Waals surface area contributed by atoms with Gasteiger partial charge < -0.3 is 10.3 Å². The molecule has 1 aromatic heterocycles. The second-order valence-electron chi connectivity index (χ2n) is 6.31. The van der Waals surface area contributed by atoms with Crippen molar-refractivity contribution in [2.24, 2.45) is 0 Å². The number of hydrogen-bond donors (Lipinski definition) is 2. The minimum Gasteiger partial charge on any atom is -0.358 e. The summed E-state index contributed by atoms with van der Waals surface area (Å²) in [4.78, 5) is 15.8. The van der Waals surface area contributed by atoms with E-state index in [1.54, 1.807) is 0 Å². The zero-order valence-corrected chi connectivity index (χ0v) is 13.9. The Morgan fingerprint density at radius 2 is 2.12 bits per heavy atom. The van der Waals surface area contributed by atoms with E-state index in [2.05, 4.69) is 35.4 Å². The number of benzene rings is 2. The zero-order valence-electron chi connectivity index (χ0n) is 13.1. The molecule has 0 fully saturated rings. The van der Waals surface area contributed by atoms with E-state index in [-0.39, 0.29) is 16.6 Å². The Hall–Kier alpha value is -2.33. The molecule has 0 saturated carbocycles. The van der Waals surface area contributed by atoms with Crippen molar-refractivity contribution in [2.45, 2.75) is 25.8 Å². The number of fused-ring (bicyclic) bond motifs is 3. The lowest BCUT2D eigenvalue weighted by Gasteiger charge is -2.14. The molecule has 4 rings (SSSR count). The molecule has 0 radical (unpaired) electrons. The van der Waals surface area contributed by atoms with Crippen molar-refractivity contribution in [2.75, 3.05) is 0 Å². The topological polar surface area (TPSA) is 44.9 Å². The predicted octanol–water partition coefficient (Wildman–Crippen LogP) is 4.17. The van der Waals surface area contributed by atoms with Crippen LogP contribution in [0.3, 0.4) is 0 Å². The number of aromatic nitrogens is 1. The smallest absolute Gasteiger partial charge is 0.256 e. The molecular weight excluding hydrogens is 327 g/mol. The summed E-state index contributed by atoms with van der Waals surface area (Å²) in [6.45, 7) is 2.06. The molecule has 1 atom stereocenters. The van der Waals surface area contributed by atoms with Gasteiger partial charge in [0.25, 0.3) is 5.91 Å². The standard InChI is InChI=1S/C19H16ClFN2O/c1-10-5-6-16-12(7-10)13-8-11(9-17(13)23-16)22-19(24)18-14(20)3-2-4-15(18)21/h2-7,11,23H,8-9H2,1H3,(H,22,24). The molecule has 1 unspecified atom stereocenters. The summed E-state index contributed by atoms with van der Waals surface area (Å²) >= 11 is 5.97. The molecule has 1 amide bonds. The molecule has 2 aromatic carbocycles. The van der Waals surface area contributed by atoms with Gasteiger partial charge in [-0.15, -0.1) is 0 Å². The largest absolute Gasteiger partial charge is 0.358 e. The van der Waals surface area contributed by atoms with E-state index in [1.807, 2.05) is 0 Å². The van der Waals surface area contributed by atoms with Gasteiger partial charge in [-0.1, -0.05) is 29.3 Å². The fraction of sp³-hybridized carbons (Fsp3) is 0.211. The number of aryl methyl sites for hydroxylation is 1.